The number of aromatic nitrogens is 2. The highest BCUT2D eigenvalue weighted by molar-refractivity contribution is 5.55. The molecule has 0 aliphatic carbocycles. The van der Waals surface area contributed by atoms with Gasteiger partial charge >= 0.3 is 0 Å². The van der Waals surface area contributed by atoms with Crippen LogP contribution in [0.5, 0.6) is 0 Å². The Morgan fingerprint density at radius 2 is 1.95 bits per heavy atom. The molecule has 0 aromatic carbocycles. The van der Waals surface area contributed by atoms with Gasteiger partial charge in [0.2, 0.25) is 0 Å². The summed E-state index contributed by atoms with van der Waals surface area (Å²) in [5.74, 6) is 1.92. The van der Waals surface area contributed by atoms with E-state index in [-0.39, 0.29) is 11.5 Å². The van der Waals surface area contributed by atoms with Crippen molar-refractivity contribution in [1.29, 1.82) is 0 Å². The topological polar surface area (TPSA) is 84.1 Å². The summed E-state index contributed by atoms with van der Waals surface area (Å²) in [5.41, 5.74) is 6.61. The second kappa shape index (κ2) is 6.19. The molecule has 0 spiro atoms. The number of aliphatic hydroxyl groups is 1. The third-order valence-corrected chi connectivity index (χ3v) is 2.98. The van der Waals surface area contributed by atoms with E-state index < -0.39 is 0 Å². The van der Waals surface area contributed by atoms with Crippen LogP contribution in [0.2, 0.25) is 0 Å². The smallest absolute Gasteiger partial charge is 0.138 e. The first-order valence-electron chi connectivity index (χ1n) is 6.82. The predicted octanol–water partition coefficient (Wildman–Crippen LogP) is 2.24. The first-order valence-corrected chi connectivity index (χ1v) is 6.82. The first kappa shape index (κ1) is 15.7. The van der Waals surface area contributed by atoms with Crippen LogP contribution in [0.15, 0.2) is 0 Å². The van der Waals surface area contributed by atoms with E-state index in [1.807, 2.05) is 27.7 Å². The highest BCUT2D eigenvalue weighted by Gasteiger charge is 2.20. The van der Waals surface area contributed by atoms with Gasteiger partial charge in [-0.3, -0.25) is 0 Å². The minimum absolute atomic E-state index is 0.152. The summed E-state index contributed by atoms with van der Waals surface area (Å²) in [6.07, 6.45) is 1.37. The zero-order valence-corrected chi connectivity index (χ0v) is 12.6. The number of nitrogens with zero attached hydrogens (tertiary/aromatic N) is 2. The summed E-state index contributed by atoms with van der Waals surface area (Å²) in [6, 6.07) is 0. The van der Waals surface area contributed by atoms with E-state index in [1.165, 1.54) is 0 Å². The summed E-state index contributed by atoms with van der Waals surface area (Å²) in [6.45, 7) is 10.6. The standard InChI is InChI=1S/C14H26N4O/c1-6-7-10(19)8-16-12-9(2)11(15)17-13(18-12)14(3,4)5/h10,19H,6-8H2,1-5H3,(H3,15,16,17,18). The van der Waals surface area contributed by atoms with Crippen molar-refractivity contribution in [2.45, 2.75) is 59.0 Å². The van der Waals surface area contributed by atoms with Crippen LogP contribution < -0.4 is 11.1 Å². The molecule has 1 aromatic heterocycles. The number of hydrogen-bond donors (Lipinski definition) is 3. The highest BCUT2D eigenvalue weighted by Crippen LogP contribution is 2.24. The van der Waals surface area contributed by atoms with E-state index in [0.717, 1.165) is 18.4 Å². The second-order valence-electron chi connectivity index (χ2n) is 5.98. The fourth-order valence-corrected chi connectivity index (χ4v) is 1.69. The van der Waals surface area contributed by atoms with Gasteiger partial charge in [0.1, 0.15) is 17.5 Å². The molecule has 1 rings (SSSR count). The van der Waals surface area contributed by atoms with E-state index in [4.69, 9.17) is 5.73 Å². The van der Waals surface area contributed by atoms with Gasteiger partial charge in [-0.2, -0.15) is 0 Å². The van der Waals surface area contributed by atoms with Gasteiger partial charge in [-0.05, 0) is 13.3 Å². The predicted molar refractivity (Wildman–Crippen MR) is 79.3 cm³/mol. The van der Waals surface area contributed by atoms with Crippen molar-refractivity contribution >= 4 is 11.6 Å². The average Bonchev–Trinajstić information content (AvgIpc) is 2.30. The minimum atomic E-state index is -0.362. The Bertz CT molecular complexity index is 426. The lowest BCUT2D eigenvalue weighted by Gasteiger charge is -2.20. The van der Waals surface area contributed by atoms with Gasteiger partial charge in [-0.25, -0.2) is 9.97 Å². The molecule has 0 radical (unpaired) electrons. The molecule has 1 unspecified atom stereocenters. The molecule has 0 saturated heterocycles. The van der Waals surface area contributed by atoms with Gasteiger partial charge in [0, 0.05) is 17.5 Å². The molecule has 5 nitrogen and oxygen atoms in total. The van der Waals surface area contributed by atoms with Crippen molar-refractivity contribution in [2.24, 2.45) is 0 Å². The number of anilines is 2. The summed E-state index contributed by atoms with van der Waals surface area (Å²) < 4.78 is 0. The van der Waals surface area contributed by atoms with Gasteiger partial charge in [-0.15, -0.1) is 0 Å². The van der Waals surface area contributed by atoms with Crippen molar-refractivity contribution in [1.82, 2.24) is 9.97 Å². The lowest BCUT2D eigenvalue weighted by molar-refractivity contribution is 0.176. The Morgan fingerprint density at radius 1 is 1.32 bits per heavy atom. The monoisotopic (exact) mass is 266 g/mol. The number of nitrogen functional groups attached to an aromatic ring is 1. The molecular formula is C14H26N4O. The lowest BCUT2D eigenvalue weighted by atomic mass is 9.95. The van der Waals surface area contributed by atoms with Crippen molar-refractivity contribution in [2.75, 3.05) is 17.6 Å². The number of rotatable bonds is 5. The van der Waals surface area contributed by atoms with Crippen LogP contribution in [0.25, 0.3) is 0 Å². The molecule has 1 atom stereocenters. The SMILES string of the molecule is CCCC(O)CNc1nc(C(C)(C)C)nc(N)c1C. The summed E-state index contributed by atoms with van der Waals surface area (Å²) in [5, 5.41) is 12.9. The maximum atomic E-state index is 9.76. The molecule has 0 amide bonds. The van der Waals surface area contributed by atoms with E-state index in [2.05, 4.69) is 22.2 Å². The molecule has 1 aromatic rings. The van der Waals surface area contributed by atoms with E-state index >= 15 is 0 Å². The maximum absolute atomic E-state index is 9.76. The van der Waals surface area contributed by atoms with Crippen LogP contribution >= 0.6 is 0 Å². The molecule has 0 aliphatic rings. The third-order valence-electron chi connectivity index (χ3n) is 2.98. The molecule has 0 bridgehead atoms. The van der Waals surface area contributed by atoms with Crippen LogP contribution in [0.1, 0.15) is 51.9 Å². The van der Waals surface area contributed by atoms with Crippen molar-refractivity contribution < 1.29 is 5.11 Å². The van der Waals surface area contributed by atoms with Crippen LogP contribution in [0.3, 0.4) is 0 Å². The Hall–Kier alpha value is -1.36. The van der Waals surface area contributed by atoms with Crippen LogP contribution in [0, 0.1) is 6.92 Å². The Morgan fingerprint density at radius 3 is 2.47 bits per heavy atom. The molecule has 19 heavy (non-hydrogen) atoms. The summed E-state index contributed by atoms with van der Waals surface area (Å²) in [4.78, 5) is 8.86. The number of nitrogens with one attached hydrogen (secondary N) is 1. The van der Waals surface area contributed by atoms with E-state index in [9.17, 15) is 5.11 Å². The zero-order chi connectivity index (χ0) is 14.6. The van der Waals surface area contributed by atoms with Crippen molar-refractivity contribution in [3.05, 3.63) is 11.4 Å². The van der Waals surface area contributed by atoms with Crippen molar-refractivity contribution in [3.63, 3.8) is 0 Å². The molecule has 0 saturated carbocycles. The fourth-order valence-electron chi connectivity index (χ4n) is 1.69. The molecule has 0 aliphatic heterocycles. The third kappa shape index (κ3) is 4.35. The molecule has 108 valence electrons. The number of hydrogen-bond acceptors (Lipinski definition) is 5. The Balaban J connectivity index is 2.91. The summed E-state index contributed by atoms with van der Waals surface area (Å²) in [7, 11) is 0. The highest BCUT2D eigenvalue weighted by atomic mass is 16.3. The quantitative estimate of drug-likeness (QED) is 0.761. The number of nitrogens with two attached hydrogens (primary N) is 1. The normalized spacial score (nSPS) is 13.4. The molecule has 1 heterocycles. The number of aliphatic hydroxyl groups excluding tert-OH is 1. The molecule has 5 heteroatoms. The van der Waals surface area contributed by atoms with Crippen LogP contribution in [-0.2, 0) is 5.41 Å². The van der Waals surface area contributed by atoms with Crippen LogP contribution in [0.4, 0.5) is 11.6 Å². The molecular weight excluding hydrogens is 240 g/mol. The van der Waals surface area contributed by atoms with Crippen molar-refractivity contribution in [3.8, 4) is 0 Å². The summed E-state index contributed by atoms with van der Waals surface area (Å²) >= 11 is 0. The van der Waals surface area contributed by atoms with Gasteiger partial charge in [0.25, 0.3) is 0 Å². The fraction of sp³-hybridized carbons (Fsp3) is 0.714. The lowest BCUT2D eigenvalue weighted by Crippen LogP contribution is -2.23. The van der Waals surface area contributed by atoms with Crippen LogP contribution in [-0.4, -0.2) is 27.7 Å². The second-order valence-corrected chi connectivity index (χ2v) is 5.98. The average molecular weight is 266 g/mol. The molecule has 4 N–H and O–H groups in total. The maximum Gasteiger partial charge on any atom is 0.138 e. The zero-order valence-electron chi connectivity index (χ0n) is 12.6. The minimum Gasteiger partial charge on any atom is -0.391 e. The largest absolute Gasteiger partial charge is 0.391 e. The van der Waals surface area contributed by atoms with Gasteiger partial charge in [0.05, 0.1) is 6.10 Å². The molecule has 0 fully saturated rings. The Kier molecular flexibility index (Phi) is 5.11. The first-order chi connectivity index (χ1) is 8.75. The van der Waals surface area contributed by atoms with Gasteiger partial charge < -0.3 is 16.2 Å². The van der Waals surface area contributed by atoms with E-state index in [1.54, 1.807) is 0 Å². The van der Waals surface area contributed by atoms with Gasteiger partial charge in [0.15, 0.2) is 0 Å². The van der Waals surface area contributed by atoms with Gasteiger partial charge in [-0.1, -0.05) is 34.1 Å². The van der Waals surface area contributed by atoms with E-state index in [0.29, 0.717) is 24.0 Å². The Labute approximate surface area is 115 Å².